The van der Waals surface area contributed by atoms with E-state index in [1.165, 1.54) is 11.3 Å². The number of nitrogens with one attached hydrogen (secondary N) is 1. The summed E-state index contributed by atoms with van der Waals surface area (Å²) in [5, 5.41) is 5.43. The molecule has 1 aromatic rings. The molecular weight excluding hydrogens is 222 g/mol. The molecule has 16 heavy (non-hydrogen) atoms. The van der Waals surface area contributed by atoms with E-state index in [2.05, 4.69) is 31.1 Å². The van der Waals surface area contributed by atoms with Gasteiger partial charge in [-0.1, -0.05) is 20.8 Å². The predicted molar refractivity (Wildman–Crippen MR) is 66.4 cm³/mol. The van der Waals surface area contributed by atoms with E-state index in [9.17, 15) is 4.79 Å². The van der Waals surface area contributed by atoms with Gasteiger partial charge in [-0.15, -0.1) is 11.3 Å². The highest BCUT2D eigenvalue weighted by atomic mass is 32.1. The third-order valence-corrected chi connectivity index (χ3v) is 3.51. The minimum absolute atomic E-state index is 0.113. The van der Waals surface area contributed by atoms with E-state index in [1.54, 1.807) is 5.38 Å². The molecule has 1 amide bonds. The summed E-state index contributed by atoms with van der Waals surface area (Å²) < 4.78 is 0. The Morgan fingerprint density at radius 2 is 2.31 bits per heavy atom. The maximum atomic E-state index is 11.7. The molecule has 0 spiro atoms. The summed E-state index contributed by atoms with van der Waals surface area (Å²) in [5.74, 6) is -0.113. The van der Waals surface area contributed by atoms with Crippen molar-refractivity contribution in [3.05, 3.63) is 16.1 Å². The number of amides is 1. The SMILES string of the molecule is CCC(C)(C)CNC(=O)c1csc(CN)n1. The lowest BCUT2D eigenvalue weighted by Crippen LogP contribution is -2.33. The van der Waals surface area contributed by atoms with Crippen LogP contribution in [0.2, 0.25) is 0 Å². The van der Waals surface area contributed by atoms with Crippen molar-refractivity contribution in [2.75, 3.05) is 6.54 Å². The quantitative estimate of drug-likeness (QED) is 0.825. The van der Waals surface area contributed by atoms with Crippen molar-refractivity contribution in [3.8, 4) is 0 Å². The van der Waals surface area contributed by atoms with Crippen LogP contribution in [0, 0.1) is 5.41 Å². The second-order valence-corrected chi connectivity index (χ2v) is 5.47. The van der Waals surface area contributed by atoms with Crippen molar-refractivity contribution < 1.29 is 4.79 Å². The van der Waals surface area contributed by atoms with E-state index in [-0.39, 0.29) is 11.3 Å². The fraction of sp³-hybridized carbons (Fsp3) is 0.636. The van der Waals surface area contributed by atoms with Gasteiger partial charge >= 0.3 is 0 Å². The van der Waals surface area contributed by atoms with Gasteiger partial charge in [0.15, 0.2) is 0 Å². The van der Waals surface area contributed by atoms with Gasteiger partial charge in [-0.05, 0) is 11.8 Å². The van der Waals surface area contributed by atoms with Gasteiger partial charge in [0, 0.05) is 18.5 Å². The molecule has 0 aliphatic carbocycles. The molecule has 0 unspecified atom stereocenters. The average Bonchev–Trinajstić information content (AvgIpc) is 2.74. The molecule has 1 aromatic heterocycles. The fourth-order valence-electron chi connectivity index (χ4n) is 1.04. The average molecular weight is 241 g/mol. The molecule has 5 heteroatoms. The molecule has 3 N–H and O–H groups in total. The van der Waals surface area contributed by atoms with Crippen molar-refractivity contribution in [2.24, 2.45) is 11.1 Å². The van der Waals surface area contributed by atoms with Crippen molar-refractivity contribution in [3.63, 3.8) is 0 Å². The van der Waals surface area contributed by atoms with Gasteiger partial charge in [0.2, 0.25) is 0 Å². The lowest BCUT2D eigenvalue weighted by atomic mass is 9.90. The summed E-state index contributed by atoms with van der Waals surface area (Å²) in [6.45, 7) is 7.41. The molecule has 1 rings (SSSR count). The first kappa shape index (κ1) is 13.1. The van der Waals surface area contributed by atoms with Gasteiger partial charge in [0.25, 0.3) is 5.91 Å². The highest BCUT2D eigenvalue weighted by Gasteiger charge is 2.17. The van der Waals surface area contributed by atoms with Crippen molar-refractivity contribution in [1.82, 2.24) is 10.3 Å². The van der Waals surface area contributed by atoms with E-state index in [0.717, 1.165) is 11.4 Å². The first-order valence-corrected chi connectivity index (χ1v) is 6.29. The highest BCUT2D eigenvalue weighted by Crippen LogP contribution is 2.18. The molecule has 90 valence electrons. The first-order valence-electron chi connectivity index (χ1n) is 5.41. The Hall–Kier alpha value is -0.940. The van der Waals surface area contributed by atoms with Crippen LogP contribution in [0.1, 0.15) is 42.7 Å². The van der Waals surface area contributed by atoms with Gasteiger partial charge in [0.1, 0.15) is 10.7 Å². The molecule has 0 aliphatic heterocycles. The van der Waals surface area contributed by atoms with E-state index in [1.807, 2.05) is 0 Å². The van der Waals surface area contributed by atoms with E-state index < -0.39 is 0 Å². The molecule has 0 aromatic carbocycles. The molecule has 0 saturated heterocycles. The predicted octanol–water partition coefficient (Wildman–Crippen LogP) is 1.77. The number of hydrogen-bond donors (Lipinski definition) is 2. The van der Waals surface area contributed by atoms with Crippen molar-refractivity contribution >= 4 is 17.2 Å². The fourth-order valence-corrected chi connectivity index (χ4v) is 1.70. The van der Waals surface area contributed by atoms with Crippen LogP contribution < -0.4 is 11.1 Å². The third-order valence-electron chi connectivity index (χ3n) is 2.64. The Kier molecular flexibility index (Phi) is 4.44. The molecule has 0 saturated carbocycles. The Bertz CT molecular complexity index is 360. The van der Waals surface area contributed by atoms with Gasteiger partial charge in [-0.25, -0.2) is 4.98 Å². The summed E-state index contributed by atoms with van der Waals surface area (Å²) >= 11 is 1.42. The minimum atomic E-state index is -0.113. The topological polar surface area (TPSA) is 68.0 Å². The number of hydrogen-bond acceptors (Lipinski definition) is 4. The maximum Gasteiger partial charge on any atom is 0.270 e. The molecule has 4 nitrogen and oxygen atoms in total. The number of nitrogens with zero attached hydrogens (tertiary/aromatic N) is 1. The van der Waals surface area contributed by atoms with Gasteiger partial charge < -0.3 is 11.1 Å². The van der Waals surface area contributed by atoms with Crippen LogP contribution in [0.3, 0.4) is 0 Å². The summed E-state index contributed by atoms with van der Waals surface area (Å²) in [6.07, 6.45) is 1.03. The summed E-state index contributed by atoms with van der Waals surface area (Å²) in [5.41, 5.74) is 6.04. The highest BCUT2D eigenvalue weighted by molar-refractivity contribution is 7.09. The zero-order valence-corrected chi connectivity index (χ0v) is 10.9. The second kappa shape index (κ2) is 5.41. The first-order chi connectivity index (χ1) is 7.48. The van der Waals surface area contributed by atoms with Crippen molar-refractivity contribution in [1.29, 1.82) is 0 Å². The number of carbonyl (C=O) groups excluding carboxylic acids is 1. The van der Waals surface area contributed by atoms with Crippen LogP contribution in [0.4, 0.5) is 0 Å². The van der Waals surface area contributed by atoms with Crippen LogP contribution in [0.5, 0.6) is 0 Å². The Labute approximate surface area is 100 Å². The molecule has 0 aliphatic rings. The number of aromatic nitrogens is 1. The normalized spacial score (nSPS) is 11.5. The van der Waals surface area contributed by atoms with E-state index in [4.69, 9.17) is 5.73 Å². The number of nitrogens with two attached hydrogens (primary N) is 1. The van der Waals surface area contributed by atoms with Gasteiger partial charge in [-0.3, -0.25) is 4.79 Å². The third kappa shape index (κ3) is 3.57. The molecule has 0 bridgehead atoms. The summed E-state index contributed by atoms with van der Waals surface area (Å²) in [6, 6.07) is 0. The van der Waals surface area contributed by atoms with Crippen LogP contribution in [0.15, 0.2) is 5.38 Å². The number of thiazole rings is 1. The molecule has 1 heterocycles. The Morgan fingerprint density at radius 3 is 2.81 bits per heavy atom. The van der Waals surface area contributed by atoms with Crippen molar-refractivity contribution in [2.45, 2.75) is 33.7 Å². The van der Waals surface area contributed by atoms with E-state index >= 15 is 0 Å². The van der Waals surface area contributed by atoms with Crippen LogP contribution in [-0.4, -0.2) is 17.4 Å². The lowest BCUT2D eigenvalue weighted by molar-refractivity contribution is 0.0931. The van der Waals surface area contributed by atoms with E-state index in [0.29, 0.717) is 18.8 Å². The lowest BCUT2D eigenvalue weighted by Gasteiger charge is -2.22. The summed E-state index contributed by atoms with van der Waals surface area (Å²) in [4.78, 5) is 15.9. The summed E-state index contributed by atoms with van der Waals surface area (Å²) in [7, 11) is 0. The standard InChI is InChI=1S/C11H19N3OS/c1-4-11(2,3)7-13-10(15)8-6-16-9(5-12)14-8/h6H,4-5,7,12H2,1-3H3,(H,13,15). The van der Waals surface area contributed by atoms with Gasteiger partial charge in [-0.2, -0.15) is 0 Å². The zero-order valence-electron chi connectivity index (χ0n) is 10.0. The number of carbonyl (C=O) groups is 1. The Balaban J connectivity index is 2.53. The number of rotatable bonds is 5. The Morgan fingerprint density at radius 1 is 1.62 bits per heavy atom. The smallest absolute Gasteiger partial charge is 0.270 e. The van der Waals surface area contributed by atoms with Crippen LogP contribution in [0.25, 0.3) is 0 Å². The second-order valence-electron chi connectivity index (χ2n) is 4.53. The largest absolute Gasteiger partial charge is 0.350 e. The van der Waals surface area contributed by atoms with Crippen LogP contribution in [-0.2, 0) is 6.54 Å². The molecule has 0 radical (unpaired) electrons. The maximum absolute atomic E-state index is 11.7. The zero-order chi connectivity index (χ0) is 12.2. The minimum Gasteiger partial charge on any atom is -0.350 e. The van der Waals surface area contributed by atoms with Gasteiger partial charge in [0.05, 0.1) is 0 Å². The van der Waals surface area contributed by atoms with Crippen LogP contribution >= 0.6 is 11.3 Å². The molecule has 0 fully saturated rings. The molecule has 0 atom stereocenters. The monoisotopic (exact) mass is 241 g/mol. The molecular formula is C11H19N3OS.